The van der Waals surface area contributed by atoms with Crippen molar-refractivity contribution < 1.29 is 14.0 Å². The second-order valence-corrected chi connectivity index (χ2v) is 6.16. The minimum absolute atomic E-state index is 0.0446. The summed E-state index contributed by atoms with van der Waals surface area (Å²) in [4.78, 5) is 27.6. The fourth-order valence-corrected chi connectivity index (χ4v) is 2.48. The minimum Gasteiger partial charge on any atom is -0.339 e. The number of carbonyl (C=O) groups is 2. The van der Waals surface area contributed by atoms with Crippen molar-refractivity contribution >= 4 is 11.8 Å². The molecule has 2 N–H and O–H groups in total. The Morgan fingerprint density at radius 3 is 2.23 bits per heavy atom. The van der Waals surface area contributed by atoms with Gasteiger partial charge in [0.25, 0.3) is 0 Å². The van der Waals surface area contributed by atoms with Crippen LogP contribution < -0.4 is 5.73 Å². The number of amides is 2. The van der Waals surface area contributed by atoms with Crippen molar-refractivity contribution in [3.63, 3.8) is 0 Å². The maximum Gasteiger partial charge on any atom is 0.242 e. The summed E-state index contributed by atoms with van der Waals surface area (Å²) in [6.45, 7) is 5.17. The molecule has 6 heteroatoms. The summed E-state index contributed by atoms with van der Waals surface area (Å²) in [5, 5.41) is 0. The Bertz CT molecular complexity index is 561. The topological polar surface area (TPSA) is 66.6 Å². The molecule has 0 saturated carbocycles. The average molecular weight is 307 g/mol. The van der Waals surface area contributed by atoms with E-state index in [-0.39, 0.29) is 24.1 Å². The van der Waals surface area contributed by atoms with E-state index in [1.807, 2.05) is 0 Å². The zero-order valence-electron chi connectivity index (χ0n) is 13.0. The number of piperazine rings is 1. The van der Waals surface area contributed by atoms with E-state index in [1.165, 1.54) is 6.07 Å². The summed E-state index contributed by atoms with van der Waals surface area (Å²) in [5.41, 5.74) is 5.30. The number of benzene rings is 1. The molecule has 5 nitrogen and oxygen atoms in total. The van der Waals surface area contributed by atoms with Gasteiger partial charge in [0.05, 0.1) is 12.0 Å². The van der Waals surface area contributed by atoms with E-state index in [9.17, 15) is 14.0 Å². The van der Waals surface area contributed by atoms with E-state index < -0.39 is 5.54 Å². The Hall–Kier alpha value is -1.95. The van der Waals surface area contributed by atoms with Crippen molar-refractivity contribution in [2.24, 2.45) is 5.73 Å². The minimum atomic E-state index is -0.903. The van der Waals surface area contributed by atoms with Crippen LogP contribution in [-0.4, -0.2) is 53.3 Å². The van der Waals surface area contributed by atoms with Crippen LogP contribution in [0.1, 0.15) is 19.4 Å². The lowest BCUT2D eigenvalue weighted by molar-refractivity contribution is -0.142. The number of hydrogen-bond acceptors (Lipinski definition) is 3. The van der Waals surface area contributed by atoms with Gasteiger partial charge in [0, 0.05) is 26.2 Å². The molecule has 0 spiro atoms. The number of hydrogen-bond donors (Lipinski definition) is 1. The van der Waals surface area contributed by atoms with Crippen LogP contribution in [0.4, 0.5) is 4.39 Å². The highest BCUT2D eigenvalue weighted by Crippen LogP contribution is 2.12. The summed E-state index contributed by atoms with van der Waals surface area (Å²) < 4.78 is 13.6. The average Bonchev–Trinajstić information content (AvgIpc) is 2.48. The predicted molar refractivity (Wildman–Crippen MR) is 81.5 cm³/mol. The van der Waals surface area contributed by atoms with E-state index in [0.717, 1.165) is 0 Å². The molecule has 1 aliphatic rings. The fraction of sp³-hybridized carbons (Fsp3) is 0.500. The maximum absolute atomic E-state index is 13.6. The Labute approximate surface area is 129 Å². The van der Waals surface area contributed by atoms with Gasteiger partial charge in [0.2, 0.25) is 11.8 Å². The smallest absolute Gasteiger partial charge is 0.242 e. The highest BCUT2D eigenvalue weighted by Gasteiger charge is 2.31. The molecule has 1 aromatic rings. The first-order valence-electron chi connectivity index (χ1n) is 7.38. The largest absolute Gasteiger partial charge is 0.339 e. The molecule has 0 atom stereocenters. The van der Waals surface area contributed by atoms with Crippen molar-refractivity contribution in [2.45, 2.75) is 25.8 Å². The molecule has 120 valence electrons. The molecule has 0 aromatic heterocycles. The first kappa shape index (κ1) is 16.4. The lowest BCUT2D eigenvalue weighted by Gasteiger charge is -2.37. The Balaban J connectivity index is 1.90. The molecule has 0 radical (unpaired) electrons. The molecule has 1 heterocycles. The molecule has 22 heavy (non-hydrogen) atoms. The van der Waals surface area contributed by atoms with Gasteiger partial charge < -0.3 is 15.5 Å². The van der Waals surface area contributed by atoms with Crippen LogP contribution in [0.15, 0.2) is 24.3 Å². The maximum atomic E-state index is 13.6. The summed E-state index contributed by atoms with van der Waals surface area (Å²) in [5.74, 6) is -0.604. The molecule has 0 aliphatic carbocycles. The summed E-state index contributed by atoms with van der Waals surface area (Å²) in [7, 11) is 0. The standard InChI is InChI=1S/C16H22FN3O2/c1-16(2,18)15(22)20-9-7-19(8-10-20)14(21)11-12-5-3-4-6-13(12)17/h3-6H,7-11,18H2,1-2H3. The molecule has 0 unspecified atom stereocenters. The quantitative estimate of drug-likeness (QED) is 0.897. The van der Waals surface area contributed by atoms with E-state index in [2.05, 4.69) is 0 Å². The van der Waals surface area contributed by atoms with E-state index >= 15 is 0 Å². The van der Waals surface area contributed by atoms with Crippen LogP contribution in [-0.2, 0) is 16.0 Å². The molecule has 2 amide bonds. The molecule has 0 bridgehead atoms. The van der Waals surface area contributed by atoms with Gasteiger partial charge in [-0.2, -0.15) is 0 Å². The molecule has 1 aromatic carbocycles. The van der Waals surface area contributed by atoms with Crippen LogP contribution in [0.25, 0.3) is 0 Å². The Morgan fingerprint density at radius 1 is 1.14 bits per heavy atom. The zero-order chi connectivity index (χ0) is 16.3. The van der Waals surface area contributed by atoms with Crippen molar-refractivity contribution in [3.05, 3.63) is 35.6 Å². The monoisotopic (exact) mass is 307 g/mol. The predicted octanol–water partition coefficient (Wildman–Crippen LogP) is 0.776. The number of rotatable bonds is 3. The first-order chi connectivity index (χ1) is 10.3. The van der Waals surface area contributed by atoms with Gasteiger partial charge in [0.15, 0.2) is 0 Å². The SMILES string of the molecule is CC(C)(N)C(=O)N1CCN(C(=O)Cc2ccccc2F)CC1. The van der Waals surface area contributed by atoms with Gasteiger partial charge in [0.1, 0.15) is 5.82 Å². The Morgan fingerprint density at radius 2 is 1.68 bits per heavy atom. The van der Waals surface area contributed by atoms with Gasteiger partial charge >= 0.3 is 0 Å². The summed E-state index contributed by atoms with van der Waals surface area (Å²) in [6.07, 6.45) is 0.0446. The van der Waals surface area contributed by atoms with Gasteiger partial charge in [-0.3, -0.25) is 9.59 Å². The van der Waals surface area contributed by atoms with Crippen molar-refractivity contribution in [1.29, 1.82) is 0 Å². The number of halogens is 1. The molecular weight excluding hydrogens is 285 g/mol. The summed E-state index contributed by atoms with van der Waals surface area (Å²) >= 11 is 0. The summed E-state index contributed by atoms with van der Waals surface area (Å²) in [6, 6.07) is 6.28. The van der Waals surface area contributed by atoms with Crippen molar-refractivity contribution in [1.82, 2.24) is 9.80 Å². The number of nitrogens with zero attached hydrogens (tertiary/aromatic N) is 2. The molecular formula is C16H22FN3O2. The molecule has 2 rings (SSSR count). The number of carbonyl (C=O) groups excluding carboxylic acids is 2. The van der Waals surface area contributed by atoms with Crippen LogP contribution in [0, 0.1) is 5.82 Å². The zero-order valence-corrected chi connectivity index (χ0v) is 13.0. The van der Waals surface area contributed by atoms with Gasteiger partial charge in [-0.1, -0.05) is 18.2 Å². The van der Waals surface area contributed by atoms with Crippen LogP contribution >= 0.6 is 0 Å². The van der Waals surface area contributed by atoms with E-state index in [4.69, 9.17) is 5.73 Å². The van der Waals surface area contributed by atoms with Crippen molar-refractivity contribution in [3.8, 4) is 0 Å². The number of nitrogens with two attached hydrogens (primary N) is 1. The third-order valence-electron chi connectivity index (χ3n) is 3.77. The third-order valence-corrected chi connectivity index (χ3v) is 3.77. The van der Waals surface area contributed by atoms with Crippen LogP contribution in [0.5, 0.6) is 0 Å². The van der Waals surface area contributed by atoms with Gasteiger partial charge in [-0.15, -0.1) is 0 Å². The van der Waals surface area contributed by atoms with Crippen LogP contribution in [0.3, 0.4) is 0 Å². The van der Waals surface area contributed by atoms with Crippen molar-refractivity contribution in [2.75, 3.05) is 26.2 Å². The third kappa shape index (κ3) is 3.82. The van der Waals surface area contributed by atoms with Crippen LogP contribution in [0.2, 0.25) is 0 Å². The Kier molecular flexibility index (Phi) is 4.81. The van der Waals surface area contributed by atoms with Gasteiger partial charge in [-0.05, 0) is 25.5 Å². The highest BCUT2D eigenvalue weighted by atomic mass is 19.1. The molecule has 1 saturated heterocycles. The first-order valence-corrected chi connectivity index (χ1v) is 7.38. The second-order valence-electron chi connectivity index (χ2n) is 6.16. The highest BCUT2D eigenvalue weighted by molar-refractivity contribution is 5.85. The fourth-order valence-electron chi connectivity index (χ4n) is 2.48. The second kappa shape index (κ2) is 6.44. The molecule has 1 aliphatic heterocycles. The molecule has 1 fully saturated rings. The van der Waals surface area contributed by atoms with E-state index in [0.29, 0.717) is 31.7 Å². The normalized spacial score (nSPS) is 15.8. The van der Waals surface area contributed by atoms with Gasteiger partial charge in [-0.25, -0.2) is 4.39 Å². The lowest BCUT2D eigenvalue weighted by atomic mass is 10.0. The van der Waals surface area contributed by atoms with E-state index in [1.54, 1.807) is 41.8 Å². The lowest BCUT2D eigenvalue weighted by Crippen LogP contribution is -2.57.